The Morgan fingerprint density at radius 3 is 2.19 bits per heavy atom. The van der Waals surface area contributed by atoms with Crippen LogP contribution in [0.25, 0.3) is 5.95 Å². The van der Waals surface area contributed by atoms with Crippen molar-refractivity contribution in [1.29, 1.82) is 0 Å². The van der Waals surface area contributed by atoms with Crippen LogP contribution < -0.4 is 5.46 Å². The Hall–Kier alpha value is -1.80. The van der Waals surface area contributed by atoms with Crippen LogP contribution in [0.2, 0.25) is 0 Å². The Morgan fingerprint density at radius 1 is 1.05 bits per heavy atom. The molecule has 0 spiro atoms. The highest BCUT2D eigenvalue weighted by Gasteiger charge is 2.52. The average molecular weight is 290 g/mol. The van der Waals surface area contributed by atoms with Crippen LogP contribution in [-0.4, -0.2) is 38.1 Å². The SMILES string of the molecule is CC1(C)OB(c2cnn(-c3ncc(F)cn3)c2)OC1(C)C. The Bertz CT molecular complexity index is 640. The fourth-order valence-electron chi connectivity index (χ4n) is 1.97. The fourth-order valence-corrected chi connectivity index (χ4v) is 1.97. The minimum atomic E-state index is -0.496. The lowest BCUT2D eigenvalue weighted by Gasteiger charge is -2.32. The number of halogens is 1. The minimum absolute atomic E-state index is 0.291. The van der Waals surface area contributed by atoms with Crippen LogP contribution in [0.15, 0.2) is 24.8 Å². The smallest absolute Gasteiger partial charge is 0.399 e. The molecule has 0 N–H and O–H groups in total. The topological polar surface area (TPSA) is 62.1 Å². The summed E-state index contributed by atoms with van der Waals surface area (Å²) in [6, 6.07) is 0. The van der Waals surface area contributed by atoms with Crippen molar-refractivity contribution in [2.75, 3.05) is 0 Å². The zero-order chi connectivity index (χ0) is 15.3. The molecule has 1 fully saturated rings. The van der Waals surface area contributed by atoms with Crippen LogP contribution in [0.5, 0.6) is 0 Å². The zero-order valence-electron chi connectivity index (χ0n) is 12.4. The maximum atomic E-state index is 12.8. The molecule has 6 nitrogen and oxygen atoms in total. The summed E-state index contributed by atoms with van der Waals surface area (Å²) in [6.07, 6.45) is 5.54. The van der Waals surface area contributed by atoms with Crippen molar-refractivity contribution in [1.82, 2.24) is 19.7 Å². The van der Waals surface area contributed by atoms with Crippen LogP contribution in [0.3, 0.4) is 0 Å². The van der Waals surface area contributed by atoms with Gasteiger partial charge < -0.3 is 9.31 Å². The molecule has 2 aromatic rings. The first kappa shape index (κ1) is 14.2. The minimum Gasteiger partial charge on any atom is -0.399 e. The number of nitrogens with zero attached hydrogens (tertiary/aromatic N) is 4. The number of hydrogen-bond acceptors (Lipinski definition) is 5. The third-order valence-corrected chi connectivity index (χ3v) is 3.94. The molecular weight excluding hydrogens is 274 g/mol. The van der Waals surface area contributed by atoms with E-state index < -0.39 is 24.1 Å². The van der Waals surface area contributed by atoms with Gasteiger partial charge in [0.25, 0.3) is 5.95 Å². The summed E-state index contributed by atoms with van der Waals surface area (Å²) in [5.74, 6) is -0.198. The van der Waals surface area contributed by atoms with Gasteiger partial charge in [-0.05, 0) is 27.7 Å². The molecule has 3 heterocycles. The molecule has 1 aliphatic heterocycles. The van der Waals surface area contributed by atoms with Gasteiger partial charge in [-0.25, -0.2) is 19.0 Å². The lowest BCUT2D eigenvalue weighted by atomic mass is 9.82. The molecule has 0 radical (unpaired) electrons. The van der Waals surface area contributed by atoms with E-state index in [1.54, 1.807) is 12.4 Å². The van der Waals surface area contributed by atoms with E-state index in [4.69, 9.17) is 9.31 Å². The van der Waals surface area contributed by atoms with E-state index in [1.165, 1.54) is 4.68 Å². The first-order valence-electron chi connectivity index (χ1n) is 6.67. The predicted octanol–water partition coefficient (Wildman–Crippen LogP) is 1.10. The third kappa shape index (κ3) is 2.45. The quantitative estimate of drug-likeness (QED) is 0.775. The Balaban J connectivity index is 1.85. The van der Waals surface area contributed by atoms with Crippen molar-refractivity contribution in [2.45, 2.75) is 38.9 Å². The van der Waals surface area contributed by atoms with Crippen molar-refractivity contribution in [2.24, 2.45) is 0 Å². The number of aromatic nitrogens is 4. The Kier molecular flexibility index (Phi) is 3.10. The van der Waals surface area contributed by atoms with E-state index in [0.717, 1.165) is 17.9 Å². The summed E-state index contributed by atoms with van der Waals surface area (Å²) in [7, 11) is -0.496. The molecule has 0 aliphatic carbocycles. The second kappa shape index (κ2) is 4.61. The molecule has 0 unspecified atom stereocenters. The standard InChI is InChI=1S/C13H16BFN4O2/c1-12(2)13(3,4)21-14(20-12)9-5-18-19(8-9)11-16-6-10(15)7-17-11/h5-8H,1-4H3. The van der Waals surface area contributed by atoms with E-state index in [2.05, 4.69) is 15.1 Å². The van der Waals surface area contributed by atoms with Crippen molar-refractivity contribution >= 4 is 12.6 Å². The Labute approximate surface area is 122 Å². The van der Waals surface area contributed by atoms with E-state index in [9.17, 15) is 4.39 Å². The van der Waals surface area contributed by atoms with Gasteiger partial charge in [-0.15, -0.1) is 0 Å². The van der Waals surface area contributed by atoms with Crippen LogP contribution in [0, 0.1) is 5.82 Å². The normalized spacial score (nSPS) is 20.0. The maximum Gasteiger partial charge on any atom is 0.498 e. The summed E-state index contributed by atoms with van der Waals surface area (Å²) < 4.78 is 26.2. The molecule has 110 valence electrons. The predicted molar refractivity (Wildman–Crippen MR) is 74.8 cm³/mol. The van der Waals surface area contributed by atoms with E-state index in [0.29, 0.717) is 5.95 Å². The third-order valence-electron chi connectivity index (χ3n) is 3.94. The molecule has 8 heteroatoms. The molecule has 0 bridgehead atoms. The van der Waals surface area contributed by atoms with Gasteiger partial charge in [0.05, 0.1) is 23.6 Å². The van der Waals surface area contributed by atoms with Crippen molar-refractivity contribution in [3.8, 4) is 5.95 Å². The van der Waals surface area contributed by atoms with Gasteiger partial charge in [0.1, 0.15) is 0 Å². The van der Waals surface area contributed by atoms with Gasteiger partial charge >= 0.3 is 7.12 Å². The summed E-state index contributed by atoms with van der Waals surface area (Å²) in [6.45, 7) is 7.95. The molecule has 0 amide bonds. The van der Waals surface area contributed by atoms with Crippen molar-refractivity contribution in [3.63, 3.8) is 0 Å². The highest BCUT2D eigenvalue weighted by molar-refractivity contribution is 6.62. The molecular formula is C13H16BFN4O2. The highest BCUT2D eigenvalue weighted by Crippen LogP contribution is 2.36. The Morgan fingerprint density at radius 2 is 1.62 bits per heavy atom. The monoisotopic (exact) mass is 290 g/mol. The zero-order valence-corrected chi connectivity index (χ0v) is 12.4. The van der Waals surface area contributed by atoms with Gasteiger partial charge in [-0.3, -0.25) is 0 Å². The van der Waals surface area contributed by atoms with Crippen molar-refractivity contribution < 1.29 is 13.7 Å². The lowest BCUT2D eigenvalue weighted by molar-refractivity contribution is 0.00578. The highest BCUT2D eigenvalue weighted by atomic mass is 19.1. The maximum absolute atomic E-state index is 12.8. The van der Waals surface area contributed by atoms with E-state index >= 15 is 0 Å². The molecule has 2 aromatic heterocycles. The largest absolute Gasteiger partial charge is 0.498 e. The molecule has 0 saturated carbocycles. The van der Waals surface area contributed by atoms with E-state index in [1.807, 2.05) is 27.7 Å². The van der Waals surface area contributed by atoms with Crippen LogP contribution in [0.4, 0.5) is 4.39 Å². The molecule has 21 heavy (non-hydrogen) atoms. The van der Waals surface area contributed by atoms with Crippen LogP contribution in [-0.2, 0) is 9.31 Å². The van der Waals surface area contributed by atoms with Gasteiger partial charge in [0.15, 0.2) is 5.82 Å². The van der Waals surface area contributed by atoms with Gasteiger partial charge in [0.2, 0.25) is 0 Å². The first-order valence-corrected chi connectivity index (χ1v) is 6.67. The summed E-state index contributed by atoms with van der Waals surface area (Å²) >= 11 is 0. The van der Waals surface area contributed by atoms with Gasteiger partial charge in [0, 0.05) is 17.9 Å². The number of rotatable bonds is 2. The molecule has 1 saturated heterocycles. The summed E-state index contributed by atoms with van der Waals surface area (Å²) in [4.78, 5) is 7.76. The fraction of sp³-hybridized carbons (Fsp3) is 0.462. The molecule has 3 rings (SSSR count). The van der Waals surface area contributed by atoms with Crippen LogP contribution >= 0.6 is 0 Å². The van der Waals surface area contributed by atoms with Gasteiger partial charge in [-0.2, -0.15) is 5.10 Å². The average Bonchev–Trinajstić information content (AvgIpc) is 2.94. The molecule has 0 atom stereocenters. The first-order chi connectivity index (χ1) is 9.78. The molecule has 0 aromatic carbocycles. The second-order valence-corrected chi connectivity index (χ2v) is 6.01. The lowest BCUT2D eigenvalue weighted by Crippen LogP contribution is -2.41. The summed E-state index contributed by atoms with van der Waals surface area (Å²) in [5.41, 5.74) is -0.0558. The van der Waals surface area contributed by atoms with Crippen molar-refractivity contribution in [3.05, 3.63) is 30.6 Å². The van der Waals surface area contributed by atoms with Gasteiger partial charge in [-0.1, -0.05) is 0 Å². The summed E-state index contributed by atoms with van der Waals surface area (Å²) in [5, 5.41) is 4.17. The second-order valence-electron chi connectivity index (χ2n) is 6.01. The number of hydrogen-bond donors (Lipinski definition) is 0. The molecule has 1 aliphatic rings. The van der Waals surface area contributed by atoms with E-state index in [-0.39, 0.29) is 0 Å². The van der Waals surface area contributed by atoms with Crippen LogP contribution in [0.1, 0.15) is 27.7 Å².